The van der Waals surface area contributed by atoms with E-state index in [1.54, 1.807) is 39.0 Å². The van der Waals surface area contributed by atoms with E-state index in [9.17, 15) is 23.6 Å². The average Bonchev–Trinajstić information content (AvgIpc) is 2.69. The highest BCUT2D eigenvalue weighted by Gasteiger charge is 2.38. The number of hydrogen-bond donors (Lipinski definition) is 1. The number of anilines is 1. The fraction of sp³-hybridized carbons (Fsp3) is 0.400. The Balaban J connectivity index is 2.00. The van der Waals surface area contributed by atoms with E-state index in [2.05, 4.69) is 11.4 Å². The first-order valence-electron chi connectivity index (χ1n) is 11.0. The normalized spacial score (nSPS) is 15.9. The molecule has 9 heteroatoms. The van der Waals surface area contributed by atoms with Gasteiger partial charge < -0.3 is 10.1 Å². The molecule has 0 aliphatic carbocycles. The van der Waals surface area contributed by atoms with E-state index in [0.717, 1.165) is 17.7 Å². The van der Waals surface area contributed by atoms with Crippen LogP contribution in [0.15, 0.2) is 30.3 Å². The van der Waals surface area contributed by atoms with Gasteiger partial charge in [0.05, 0.1) is 19.7 Å². The maximum Gasteiger partial charge on any atom is 0.411 e. The van der Waals surface area contributed by atoms with E-state index >= 15 is 0 Å². The third kappa shape index (κ3) is 5.45. The van der Waals surface area contributed by atoms with Gasteiger partial charge in [-0.2, -0.15) is 5.26 Å². The lowest BCUT2D eigenvalue weighted by Crippen LogP contribution is -2.47. The highest BCUT2D eigenvalue weighted by atomic mass is 28.3. The van der Waals surface area contributed by atoms with Crippen molar-refractivity contribution in [2.75, 3.05) is 11.9 Å². The lowest BCUT2D eigenvalue weighted by molar-refractivity contribution is -0.121. The topological polar surface area (TPSA) is 82.4 Å². The molecule has 0 saturated carbocycles. The second-order valence-corrected chi connectivity index (χ2v) is 15.4. The number of ether oxygens (including phenoxy) is 1. The van der Waals surface area contributed by atoms with Crippen molar-refractivity contribution in [1.29, 1.82) is 5.26 Å². The van der Waals surface area contributed by atoms with Crippen LogP contribution in [-0.4, -0.2) is 37.1 Å². The van der Waals surface area contributed by atoms with Crippen molar-refractivity contribution >= 4 is 30.9 Å². The first kappa shape index (κ1) is 25.4. The molecule has 2 aromatic carbocycles. The van der Waals surface area contributed by atoms with E-state index < -0.39 is 43.4 Å². The first-order chi connectivity index (χ1) is 15.7. The molecule has 1 N–H and O–H groups in total. The van der Waals surface area contributed by atoms with Crippen LogP contribution >= 0.6 is 0 Å². The number of nitriles is 1. The molecule has 1 aliphatic heterocycles. The zero-order valence-electron chi connectivity index (χ0n) is 20.3. The van der Waals surface area contributed by atoms with Crippen LogP contribution in [0.2, 0.25) is 19.6 Å². The maximum atomic E-state index is 14.7. The molecule has 0 spiro atoms. The molecule has 6 nitrogen and oxygen atoms in total. The molecule has 0 aromatic heterocycles. The van der Waals surface area contributed by atoms with Crippen LogP contribution in [0.4, 0.5) is 19.3 Å². The van der Waals surface area contributed by atoms with Crippen LogP contribution in [-0.2, 0) is 16.0 Å². The monoisotopic (exact) mass is 485 g/mol. The fourth-order valence-corrected chi connectivity index (χ4v) is 5.65. The minimum Gasteiger partial charge on any atom is -0.444 e. The number of halogens is 2. The predicted octanol–water partition coefficient (Wildman–Crippen LogP) is 4.85. The van der Waals surface area contributed by atoms with Gasteiger partial charge in [0.25, 0.3) is 5.91 Å². The van der Waals surface area contributed by atoms with E-state index in [0.29, 0.717) is 17.5 Å². The third-order valence-corrected chi connectivity index (χ3v) is 7.41. The predicted molar refractivity (Wildman–Crippen MR) is 129 cm³/mol. The van der Waals surface area contributed by atoms with Gasteiger partial charge in [0.2, 0.25) is 0 Å². The quantitative estimate of drug-likeness (QED) is 0.630. The second-order valence-electron chi connectivity index (χ2n) is 10.4. The van der Waals surface area contributed by atoms with Crippen LogP contribution in [0.25, 0.3) is 0 Å². The van der Waals surface area contributed by atoms with Gasteiger partial charge >= 0.3 is 6.09 Å². The summed E-state index contributed by atoms with van der Waals surface area (Å²) in [5, 5.41) is 11.9. The highest BCUT2D eigenvalue weighted by molar-refractivity contribution is 6.88. The number of hydrogen-bond acceptors (Lipinski definition) is 4. The molecule has 2 aromatic rings. The minimum atomic E-state index is -2.28. The standard InChI is InChI=1S/C25H29F2N3O3Si/c1-25(2,3)33-24(32)30-10-9-16-11-15(14-28)7-8-18(16)21(30)23(31)29-17-12-19(26)22(20(27)13-17)34(4,5)6/h7-8,11-13,21H,9-10H2,1-6H3,(H,29,31)/t21-/m1/s1. The number of rotatable bonds is 3. The van der Waals surface area contributed by atoms with Crippen molar-refractivity contribution in [2.45, 2.75) is 58.5 Å². The van der Waals surface area contributed by atoms with Crippen LogP contribution in [0.3, 0.4) is 0 Å². The summed E-state index contributed by atoms with van der Waals surface area (Å²) in [6.07, 6.45) is -0.240. The summed E-state index contributed by atoms with van der Waals surface area (Å²) in [6.45, 7) is 10.9. The zero-order valence-corrected chi connectivity index (χ0v) is 21.3. The van der Waals surface area contributed by atoms with E-state index in [1.165, 1.54) is 4.90 Å². The Morgan fingerprint density at radius 3 is 2.29 bits per heavy atom. The molecule has 1 atom stereocenters. The van der Waals surface area contributed by atoms with Gasteiger partial charge in [0.15, 0.2) is 0 Å². The molecular weight excluding hydrogens is 456 g/mol. The Morgan fingerprint density at radius 2 is 1.76 bits per heavy atom. The number of carbonyl (C=O) groups excluding carboxylic acids is 2. The summed E-state index contributed by atoms with van der Waals surface area (Å²) in [5.74, 6) is -2.04. The summed E-state index contributed by atoms with van der Waals surface area (Å²) in [5.41, 5.74) is 0.919. The summed E-state index contributed by atoms with van der Waals surface area (Å²) in [7, 11) is -2.28. The Kier molecular flexibility index (Phi) is 6.85. The van der Waals surface area contributed by atoms with Gasteiger partial charge in [0, 0.05) is 17.4 Å². The Morgan fingerprint density at radius 1 is 1.15 bits per heavy atom. The molecular formula is C25H29F2N3O3Si. The molecule has 0 radical (unpaired) electrons. The van der Waals surface area contributed by atoms with Gasteiger partial charge in [0.1, 0.15) is 23.3 Å². The lowest BCUT2D eigenvalue weighted by Gasteiger charge is -2.37. The van der Waals surface area contributed by atoms with E-state index in [4.69, 9.17) is 4.74 Å². The van der Waals surface area contributed by atoms with Crippen molar-refractivity contribution in [1.82, 2.24) is 4.90 Å². The molecule has 0 saturated heterocycles. The summed E-state index contributed by atoms with van der Waals surface area (Å²) in [4.78, 5) is 27.6. The van der Waals surface area contributed by atoms with Gasteiger partial charge in [-0.05, 0) is 62.6 Å². The summed E-state index contributed by atoms with van der Waals surface area (Å²) >= 11 is 0. The molecule has 34 heavy (non-hydrogen) atoms. The molecule has 0 unspecified atom stereocenters. The Bertz CT molecular complexity index is 1160. The van der Waals surface area contributed by atoms with Crippen molar-refractivity contribution in [3.05, 3.63) is 58.7 Å². The summed E-state index contributed by atoms with van der Waals surface area (Å²) < 4.78 is 35.0. The van der Waals surface area contributed by atoms with Gasteiger partial charge in [-0.25, -0.2) is 13.6 Å². The van der Waals surface area contributed by atoms with E-state index in [-0.39, 0.29) is 17.4 Å². The van der Waals surface area contributed by atoms with Crippen molar-refractivity contribution in [3.8, 4) is 6.07 Å². The summed E-state index contributed by atoms with van der Waals surface area (Å²) in [6, 6.07) is 8.08. The molecule has 1 aliphatic rings. The number of benzene rings is 2. The molecule has 3 rings (SSSR count). The Hall–Kier alpha value is -3.25. The van der Waals surface area contributed by atoms with Gasteiger partial charge in [-0.1, -0.05) is 25.7 Å². The number of nitrogens with zero attached hydrogens (tertiary/aromatic N) is 2. The highest BCUT2D eigenvalue weighted by Crippen LogP contribution is 2.33. The molecule has 0 bridgehead atoms. The Labute approximate surface area is 199 Å². The van der Waals surface area contributed by atoms with Crippen molar-refractivity contribution in [3.63, 3.8) is 0 Å². The third-order valence-electron chi connectivity index (χ3n) is 5.44. The SMILES string of the molecule is CC(C)(C)OC(=O)N1CCc2cc(C#N)ccc2[C@@H]1C(=O)Nc1cc(F)c([Si](C)(C)C)c(F)c1. The lowest BCUT2D eigenvalue weighted by atomic mass is 9.90. The fourth-order valence-electron chi connectivity index (χ4n) is 4.07. The van der Waals surface area contributed by atoms with Crippen LogP contribution in [0, 0.1) is 23.0 Å². The molecule has 180 valence electrons. The largest absolute Gasteiger partial charge is 0.444 e. The maximum absolute atomic E-state index is 14.7. The van der Waals surface area contributed by atoms with Crippen molar-refractivity contribution < 1.29 is 23.1 Å². The van der Waals surface area contributed by atoms with Crippen LogP contribution in [0.1, 0.15) is 43.5 Å². The smallest absolute Gasteiger partial charge is 0.411 e. The number of nitrogens with one attached hydrogen (secondary N) is 1. The van der Waals surface area contributed by atoms with Crippen LogP contribution < -0.4 is 10.5 Å². The van der Waals surface area contributed by atoms with Crippen LogP contribution in [0.5, 0.6) is 0 Å². The number of amides is 2. The minimum absolute atomic E-state index is 0.0353. The molecule has 2 amide bonds. The molecule has 1 heterocycles. The van der Waals surface area contributed by atoms with Gasteiger partial charge in [-0.3, -0.25) is 9.69 Å². The average molecular weight is 486 g/mol. The first-order valence-corrected chi connectivity index (χ1v) is 14.5. The van der Waals surface area contributed by atoms with Gasteiger partial charge in [-0.15, -0.1) is 0 Å². The van der Waals surface area contributed by atoms with Crippen molar-refractivity contribution in [2.24, 2.45) is 0 Å². The zero-order chi connectivity index (χ0) is 25.4. The van der Waals surface area contributed by atoms with E-state index in [1.807, 2.05) is 19.6 Å². The number of fused-ring (bicyclic) bond motifs is 1. The number of carbonyl (C=O) groups is 2. The molecule has 0 fully saturated rings. The second kappa shape index (κ2) is 9.18.